The molecule has 11 nitrogen and oxygen atoms in total. The van der Waals surface area contributed by atoms with E-state index in [0.717, 1.165) is 45.5 Å². The lowest BCUT2D eigenvalue weighted by Crippen LogP contribution is -2.42. The maximum Gasteiger partial charge on any atom is 0.410 e. The van der Waals surface area contributed by atoms with E-state index in [4.69, 9.17) is 9.15 Å². The van der Waals surface area contributed by atoms with Crippen LogP contribution in [0, 0.1) is 0 Å². The van der Waals surface area contributed by atoms with Gasteiger partial charge in [0.25, 0.3) is 5.89 Å². The van der Waals surface area contributed by atoms with Crippen molar-refractivity contribution in [2.24, 2.45) is 0 Å². The Balaban J connectivity index is 1.13. The molecule has 1 amide bonds. The van der Waals surface area contributed by atoms with E-state index in [1.54, 1.807) is 21.6 Å². The van der Waals surface area contributed by atoms with Crippen molar-refractivity contribution in [2.75, 3.05) is 13.1 Å². The number of piperidine rings is 1. The van der Waals surface area contributed by atoms with Crippen molar-refractivity contribution < 1.29 is 22.7 Å². The summed E-state index contributed by atoms with van der Waals surface area (Å²) in [4.78, 5) is 31.3. The Hall–Kier alpha value is -4.46. The molecule has 1 saturated heterocycles. The number of halogens is 2. The van der Waals surface area contributed by atoms with Crippen LogP contribution < -0.4 is 4.87 Å². The highest BCUT2D eigenvalue weighted by Crippen LogP contribution is 2.30. The average Bonchev–Trinajstić information content (AvgIpc) is 3.72. The van der Waals surface area contributed by atoms with Gasteiger partial charge in [0.05, 0.1) is 40.3 Å². The zero-order chi connectivity index (χ0) is 30.3. The number of benzene rings is 1. The molecule has 1 fully saturated rings. The Morgan fingerprint density at radius 2 is 1.86 bits per heavy atom. The molecule has 1 aliphatic rings. The molecule has 43 heavy (non-hydrogen) atoms. The molecule has 1 aromatic carbocycles. The summed E-state index contributed by atoms with van der Waals surface area (Å²) in [6.07, 6.45) is 3.71. The van der Waals surface area contributed by atoms with Crippen LogP contribution in [-0.4, -0.2) is 59.2 Å². The molecule has 6 rings (SSSR count). The van der Waals surface area contributed by atoms with Gasteiger partial charge < -0.3 is 14.1 Å². The van der Waals surface area contributed by atoms with Gasteiger partial charge in [-0.1, -0.05) is 17.4 Å². The first kappa shape index (κ1) is 28.6. The molecular weight excluding hydrogens is 580 g/mol. The molecule has 5 aromatic rings. The molecule has 4 aromatic heterocycles. The highest BCUT2D eigenvalue weighted by molar-refractivity contribution is 7.16. The molecule has 0 radical (unpaired) electrons. The third kappa shape index (κ3) is 6.19. The summed E-state index contributed by atoms with van der Waals surface area (Å²) in [6.45, 7) is 7.04. The van der Waals surface area contributed by atoms with E-state index < -0.39 is 17.9 Å². The molecule has 0 aliphatic carbocycles. The number of thiazole rings is 1. The minimum atomic E-state index is -2.85. The van der Waals surface area contributed by atoms with Crippen LogP contribution in [-0.2, 0) is 11.3 Å². The molecule has 224 valence electrons. The van der Waals surface area contributed by atoms with Crippen molar-refractivity contribution in [1.82, 2.24) is 34.4 Å². The lowest BCUT2D eigenvalue weighted by molar-refractivity contribution is 0.0184. The largest absolute Gasteiger partial charge is 0.444 e. The fourth-order valence-corrected chi connectivity index (χ4v) is 5.90. The quantitative estimate of drug-likeness (QED) is 0.232. The van der Waals surface area contributed by atoms with Crippen LogP contribution in [0.15, 0.2) is 58.1 Å². The second-order valence-electron chi connectivity index (χ2n) is 11.3. The second-order valence-corrected chi connectivity index (χ2v) is 12.3. The number of hydrogen-bond acceptors (Lipinski definition) is 9. The van der Waals surface area contributed by atoms with E-state index in [0.29, 0.717) is 24.3 Å². The van der Waals surface area contributed by atoms with Crippen molar-refractivity contribution in [3.63, 3.8) is 0 Å². The monoisotopic (exact) mass is 609 g/mol. The van der Waals surface area contributed by atoms with Gasteiger partial charge in [0, 0.05) is 31.0 Å². The fourth-order valence-electron chi connectivity index (χ4n) is 4.97. The summed E-state index contributed by atoms with van der Waals surface area (Å²) >= 11 is 1.15. The Morgan fingerprint density at radius 3 is 2.53 bits per heavy atom. The third-order valence-electron chi connectivity index (χ3n) is 7.11. The van der Waals surface area contributed by atoms with Gasteiger partial charge in [-0.3, -0.25) is 19.0 Å². The minimum Gasteiger partial charge on any atom is -0.444 e. The first-order valence-electron chi connectivity index (χ1n) is 13.8. The van der Waals surface area contributed by atoms with Crippen molar-refractivity contribution >= 4 is 27.6 Å². The molecule has 0 unspecified atom stereocenters. The smallest absolute Gasteiger partial charge is 0.410 e. The predicted octanol–water partition coefficient (Wildman–Crippen LogP) is 5.93. The van der Waals surface area contributed by atoms with Crippen LogP contribution in [0.1, 0.15) is 57.7 Å². The average molecular weight is 610 g/mol. The number of pyridine rings is 1. The number of carbonyl (C=O) groups is 1. The van der Waals surface area contributed by atoms with Crippen molar-refractivity contribution in [1.29, 1.82) is 0 Å². The standard InChI is InChI=1S/C29H29F2N7O4S/c1-29(2,3)42-27(39)36-10-8-21(9-11-36)38-15-19(14-33-38)17-5-7-22-23(12-17)43-28(40)37(22)16-20-6-4-18(13-32-20)25-34-35-26(41-25)24(30)31/h4-7,12-15,21,24H,8-11,16H2,1-3H3. The molecule has 0 spiro atoms. The van der Waals surface area contributed by atoms with Gasteiger partial charge in [0.2, 0.25) is 5.89 Å². The minimum absolute atomic E-state index is 0.0467. The number of likely N-dealkylation sites (tertiary alicyclic amines) is 1. The van der Waals surface area contributed by atoms with Crippen LogP contribution in [0.25, 0.3) is 32.8 Å². The molecule has 14 heteroatoms. The maximum absolute atomic E-state index is 12.9. The normalized spacial score (nSPS) is 14.6. The van der Waals surface area contributed by atoms with Crippen LogP contribution in [0.2, 0.25) is 0 Å². The summed E-state index contributed by atoms with van der Waals surface area (Å²) in [5.74, 6) is -0.794. The summed E-state index contributed by atoms with van der Waals surface area (Å²) in [5.41, 5.74) is 3.17. The number of alkyl halides is 2. The molecule has 0 atom stereocenters. The zero-order valence-electron chi connectivity index (χ0n) is 23.7. The number of carbonyl (C=O) groups excluding carboxylic acids is 1. The number of hydrogen-bond donors (Lipinski definition) is 0. The highest BCUT2D eigenvalue weighted by Gasteiger charge is 2.28. The lowest BCUT2D eigenvalue weighted by Gasteiger charge is -2.33. The van der Waals surface area contributed by atoms with Crippen LogP contribution in [0.5, 0.6) is 0 Å². The topological polar surface area (TPSA) is 121 Å². The zero-order valence-corrected chi connectivity index (χ0v) is 24.6. The van der Waals surface area contributed by atoms with Crippen LogP contribution >= 0.6 is 11.3 Å². The molecule has 0 saturated carbocycles. The summed E-state index contributed by atoms with van der Waals surface area (Å²) in [5, 5.41) is 11.6. The predicted molar refractivity (Wildman–Crippen MR) is 155 cm³/mol. The Kier molecular flexibility index (Phi) is 7.54. The van der Waals surface area contributed by atoms with E-state index in [1.807, 2.05) is 56.0 Å². The third-order valence-corrected chi connectivity index (χ3v) is 8.05. The number of aromatic nitrogens is 6. The first-order valence-corrected chi connectivity index (χ1v) is 14.6. The lowest BCUT2D eigenvalue weighted by atomic mass is 10.1. The molecule has 1 aliphatic heterocycles. The van der Waals surface area contributed by atoms with E-state index in [9.17, 15) is 18.4 Å². The summed E-state index contributed by atoms with van der Waals surface area (Å²) in [7, 11) is 0. The Morgan fingerprint density at radius 1 is 1.09 bits per heavy atom. The van der Waals surface area contributed by atoms with Crippen molar-refractivity contribution in [3.8, 4) is 22.6 Å². The Bertz CT molecular complexity index is 1810. The Labute approximate surface area is 248 Å². The van der Waals surface area contributed by atoms with Gasteiger partial charge in [-0.15, -0.1) is 10.2 Å². The molecular formula is C29H29F2N7O4S. The molecule has 0 bridgehead atoms. The second kappa shape index (κ2) is 11.3. The highest BCUT2D eigenvalue weighted by atomic mass is 32.1. The van der Waals surface area contributed by atoms with E-state index >= 15 is 0 Å². The van der Waals surface area contributed by atoms with Gasteiger partial charge in [-0.25, -0.2) is 4.79 Å². The number of ether oxygens (including phenoxy) is 1. The van der Waals surface area contributed by atoms with E-state index in [1.165, 1.54) is 6.20 Å². The van der Waals surface area contributed by atoms with Gasteiger partial charge >= 0.3 is 17.4 Å². The van der Waals surface area contributed by atoms with Crippen LogP contribution in [0.4, 0.5) is 13.6 Å². The summed E-state index contributed by atoms with van der Waals surface area (Å²) < 4.78 is 40.4. The fraction of sp³-hybridized carbons (Fsp3) is 0.379. The van der Waals surface area contributed by atoms with Crippen LogP contribution in [0.3, 0.4) is 0 Å². The van der Waals surface area contributed by atoms with Crippen molar-refractivity contribution in [3.05, 3.63) is 70.2 Å². The van der Waals surface area contributed by atoms with Gasteiger partial charge in [0.15, 0.2) is 0 Å². The first-order chi connectivity index (χ1) is 20.5. The van der Waals surface area contributed by atoms with E-state index in [2.05, 4.69) is 20.3 Å². The SMILES string of the molecule is CC(C)(C)OC(=O)N1CCC(n2cc(-c3ccc4c(c3)sc(=O)n4Cc3ccc(-c4nnc(C(F)F)o4)cn3)cn2)CC1. The maximum atomic E-state index is 12.9. The molecule has 5 heterocycles. The molecule has 0 N–H and O–H groups in total. The van der Waals surface area contributed by atoms with E-state index in [-0.39, 0.29) is 29.4 Å². The van der Waals surface area contributed by atoms with Gasteiger partial charge in [-0.05, 0) is 63.4 Å². The number of rotatable bonds is 6. The van der Waals surface area contributed by atoms with Crippen molar-refractivity contribution in [2.45, 2.75) is 58.2 Å². The number of fused-ring (bicyclic) bond motifs is 1. The van der Waals surface area contributed by atoms with Gasteiger partial charge in [0.1, 0.15) is 5.60 Å². The number of nitrogens with zero attached hydrogens (tertiary/aromatic N) is 7. The number of amides is 1. The van der Waals surface area contributed by atoms with Gasteiger partial charge in [-0.2, -0.15) is 13.9 Å². The summed E-state index contributed by atoms with van der Waals surface area (Å²) in [6, 6.07) is 9.37.